The molecular formula is C7H12N4O. The quantitative estimate of drug-likeness (QED) is 0.676. The smallest absolute Gasteiger partial charge is 0.220 e. The van der Waals surface area contributed by atoms with E-state index < -0.39 is 0 Å². The van der Waals surface area contributed by atoms with Gasteiger partial charge in [-0.15, -0.1) is 0 Å². The average Bonchev–Trinajstić information content (AvgIpc) is 2.51. The molecule has 0 fully saturated rings. The molecule has 0 spiro atoms. The van der Waals surface area contributed by atoms with Crippen LogP contribution in [0.15, 0.2) is 12.7 Å². The van der Waals surface area contributed by atoms with Crippen LogP contribution in [-0.2, 0) is 11.3 Å². The molecule has 0 aliphatic rings. The third-order valence-electron chi connectivity index (χ3n) is 1.74. The van der Waals surface area contributed by atoms with Crippen LogP contribution in [0.25, 0.3) is 0 Å². The molecule has 1 aromatic heterocycles. The molecular weight excluding hydrogens is 156 g/mol. The topological polar surface area (TPSA) is 73.8 Å². The molecule has 0 aromatic carbocycles. The number of aromatic nitrogens is 3. The van der Waals surface area contributed by atoms with Crippen LogP contribution >= 0.6 is 0 Å². The highest BCUT2D eigenvalue weighted by Crippen LogP contribution is 2.01. The Labute approximate surface area is 70.6 Å². The fraction of sp³-hybridized carbons (Fsp3) is 0.571. The van der Waals surface area contributed by atoms with Gasteiger partial charge in [-0.1, -0.05) is 6.92 Å². The Morgan fingerprint density at radius 3 is 3.00 bits per heavy atom. The van der Waals surface area contributed by atoms with Crippen molar-refractivity contribution in [2.45, 2.75) is 19.9 Å². The molecule has 5 heteroatoms. The van der Waals surface area contributed by atoms with Crippen molar-refractivity contribution in [2.75, 3.05) is 0 Å². The summed E-state index contributed by atoms with van der Waals surface area (Å²) in [5.74, 6) is -0.371. The Hall–Kier alpha value is -1.39. The van der Waals surface area contributed by atoms with Gasteiger partial charge >= 0.3 is 0 Å². The minimum absolute atomic E-state index is 0.103. The van der Waals surface area contributed by atoms with E-state index in [1.807, 2.05) is 0 Å². The van der Waals surface area contributed by atoms with Gasteiger partial charge in [0.25, 0.3) is 0 Å². The minimum Gasteiger partial charge on any atom is -0.369 e. The van der Waals surface area contributed by atoms with Gasteiger partial charge in [-0.3, -0.25) is 9.48 Å². The van der Waals surface area contributed by atoms with Crippen molar-refractivity contribution in [3.8, 4) is 0 Å². The van der Waals surface area contributed by atoms with Gasteiger partial charge in [-0.2, -0.15) is 5.10 Å². The number of rotatable bonds is 4. The number of hydrogen-bond donors (Lipinski definition) is 1. The van der Waals surface area contributed by atoms with Crippen LogP contribution in [-0.4, -0.2) is 20.7 Å². The van der Waals surface area contributed by atoms with Gasteiger partial charge in [0.2, 0.25) is 5.91 Å². The van der Waals surface area contributed by atoms with Gasteiger partial charge < -0.3 is 5.73 Å². The second kappa shape index (κ2) is 3.85. The molecule has 0 radical (unpaired) electrons. The molecule has 1 heterocycles. The van der Waals surface area contributed by atoms with Crippen LogP contribution in [0, 0.1) is 5.92 Å². The molecule has 0 saturated carbocycles. The molecule has 1 aromatic rings. The van der Waals surface area contributed by atoms with Crippen molar-refractivity contribution >= 4 is 5.91 Å². The molecule has 1 amide bonds. The van der Waals surface area contributed by atoms with Gasteiger partial charge in [-0.05, 0) is 6.42 Å². The number of carbonyl (C=O) groups is 1. The molecule has 0 bridgehead atoms. The molecule has 1 unspecified atom stereocenters. The molecule has 0 aliphatic heterocycles. The Morgan fingerprint density at radius 1 is 1.75 bits per heavy atom. The van der Waals surface area contributed by atoms with Crippen molar-refractivity contribution in [1.29, 1.82) is 0 Å². The van der Waals surface area contributed by atoms with E-state index >= 15 is 0 Å². The normalized spacial score (nSPS) is 12.8. The van der Waals surface area contributed by atoms with Crippen molar-refractivity contribution < 1.29 is 4.79 Å². The maximum atomic E-state index is 10.6. The summed E-state index contributed by atoms with van der Waals surface area (Å²) in [4.78, 5) is 14.4. The lowest BCUT2D eigenvalue weighted by atomic mass is 10.1. The SMILES string of the molecule is CC(CCn1cncn1)C(N)=O. The summed E-state index contributed by atoms with van der Waals surface area (Å²) in [6.45, 7) is 2.49. The summed E-state index contributed by atoms with van der Waals surface area (Å²) in [5, 5.41) is 3.90. The maximum Gasteiger partial charge on any atom is 0.220 e. The van der Waals surface area contributed by atoms with Gasteiger partial charge in [-0.25, -0.2) is 4.98 Å². The number of nitrogens with zero attached hydrogens (tertiary/aromatic N) is 3. The first-order valence-corrected chi connectivity index (χ1v) is 3.82. The van der Waals surface area contributed by atoms with Gasteiger partial charge in [0.15, 0.2) is 0 Å². The van der Waals surface area contributed by atoms with Crippen molar-refractivity contribution in [3.05, 3.63) is 12.7 Å². The Morgan fingerprint density at radius 2 is 2.50 bits per heavy atom. The van der Waals surface area contributed by atoms with Crippen LogP contribution in [0.4, 0.5) is 0 Å². The fourth-order valence-electron chi connectivity index (χ4n) is 0.816. The minimum atomic E-state index is -0.268. The lowest BCUT2D eigenvalue weighted by Gasteiger charge is -2.05. The van der Waals surface area contributed by atoms with Crippen LogP contribution in [0.1, 0.15) is 13.3 Å². The lowest BCUT2D eigenvalue weighted by Crippen LogP contribution is -2.21. The van der Waals surface area contributed by atoms with Gasteiger partial charge in [0, 0.05) is 12.5 Å². The number of amides is 1. The highest BCUT2D eigenvalue weighted by molar-refractivity contribution is 5.76. The number of carbonyl (C=O) groups excluding carboxylic acids is 1. The third kappa shape index (κ3) is 2.34. The van der Waals surface area contributed by atoms with Gasteiger partial charge in [0.05, 0.1) is 0 Å². The zero-order valence-electron chi connectivity index (χ0n) is 6.97. The first-order valence-electron chi connectivity index (χ1n) is 3.82. The molecule has 2 N–H and O–H groups in total. The van der Waals surface area contributed by atoms with E-state index in [2.05, 4.69) is 10.1 Å². The predicted molar refractivity (Wildman–Crippen MR) is 43.0 cm³/mol. The van der Waals surface area contributed by atoms with Crippen LogP contribution in [0.2, 0.25) is 0 Å². The van der Waals surface area contributed by atoms with Crippen LogP contribution in [0.3, 0.4) is 0 Å². The van der Waals surface area contributed by atoms with Crippen molar-refractivity contribution in [2.24, 2.45) is 11.7 Å². The fourth-order valence-corrected chi connectivity index (χ4v) is 0.816. The molecule has 5 nitrogen and oxygen atoms in total. The van der Waals surface area contributed by atoms with E-state index in [-0.39, 0.29) is 11.8 Å². The largest absolute Gasteiger partial charge is 0.369 e. The number of primary amides is 1. The van der Waals surface area contributed by atoms with E-state index in [1.165, 1.54) is 6.33 Å². The second-order valence-electron chi connectivity index (χ2n) is 2.75. The van der Waals surface area contributed by atoms with Crippen LogP contribution in [0.5, 0.6) is 0 Å². The summed E-state index contributed by atoms with van der Waals surface area (Å²) in [6.07, 6.45) is 3.79. The zero-order valence-corrected chi connectivity index (χ0v) is 6.97. The number of hydrogen-bond acceptors (Lipinski definition) is 3. The van der Waals surface area contributed by atoms with E-state index in [1.54, 1.807) is 17.9 Å². The first-order chi connectivity index (χ1) is 5.70. The number of nitrogens with two attached hydrogens (primary N) is 1. The standard InChI is InChI=1S/C7H12N4O/c1-6(7(8)12)2-3-11-5-9-4-10-11/h4-6H,2-3H2,1H3,(H2,8,12). The molecule has 0 saturated heterocycles. The van der Waals surface area contributed by atoms with Gasteiger partial charge in [0.1, 0.15) is 12.7 Å². The molecule has 1 rings (SSSR count). The maximum absolute atomic E-state index is 10.6. The summed E-state index contributed by atoms with van der Waals surface area (Å²) in [7, 11) is 0. The molecule has 66 valence electrons. The van der Waals surface area contributed by atoms with E-state index in [0.717, 1.165) is 0 Å². The summed E-state index contributed by atoms with van der Waals surface area (Å²) < 4.78 is 1.68. The molecule has 0 aliphatic carbocycles. The third-order valence-corrected chi connectivity index (χ3v) is 1.74. The highest BCUT2D eigenvalue weighted by Gasteiger charge is 2.07. The highest BCUT2D eigenvalue weighted by atomic mass is 16.1. The predicted octanol–water partition coefficient (Wildman–Crippen LogP) is -0.210. The van der Waals surface area contributed by atoms with Crippen molar-refractivity contribution in [1.82, 2.24) is 14.8 Å². The summed E-state index contributed by atoms with van der Waals surface area (Å²) in [6, 6.07) is 0. The summed E-state index contributed by atoms with van der Waals surface area (Å²) >= 11 is 0. The Bertz CT molecular complexity index is 244. The Balaban J connectivity index is 2.31. The zero-order chi connectivity index (χ0) is 8.97. The molecule has 12 heavy (non-hydrogen) atoms. The van der Waals surface area contributed by atoms with E-state index in [9.17, 15) is 4.79 Å². The van der Waals surface area contributed by atoms with Crippen molar-refractivity contribution in [3.63, 3.8) is 0 Å². The lowest BCUT2D eigenvalue weighted by molar-refractivity contribution is -0.121. The van der Waals surface area contributed by atoms with Crippen LogP contribution < -0.4 is 5.73 Å². The summed E-state index contributed by atoms with van der Waals surface area (Å²) in [5.41, 5.74) is 5.09. The first kappa shape index (κ1) is 8.70. The average molecular weight is 168 g/mol. The second-order valence-corrected chi connectivity index (χ2v) is 2.75. The molecule has 1 atom stereocenters. The van der Waals surface area contributed by atoms with E-state index in [0.29, 0.717) is 13.0 Å². The van der Waals surface area contributed by atoms with E-state index in [4.69, 9.17) is 5.73 Å². The monoisotopic (exact) mass is 168 g/mol. The Kier molecular flexibility index (Phi) is 2.79. The number of aryl methyl sites for hydroxylation is 1.